The molecule has 0 fully saturated rings. The molecular weight excluding hydrogens is 374 g/mol. The van der Waals surface area contributed by atoms with E-state index in [0.717, 1.165) is 10.1 Å². The number of fused-ring (bicyclic) bond motifs is 1. The minimum absolute atomic E-state index is 0.239. The van der Waals surface area contributed by atoms with Gasteiger partial charge in [0.1, 0.15) is 12.3 Å². The van der Waals surface area contributed by atoms with Crippen molar-refractivity contribution in [2.75, 3.05) is 12.4 Å². The van der Waals surface area contributed by atoms with Gasteiger partial charge < -0.3 is 14.5 Å². The summed E-state index contributed by atoms with van der Waals surface area (Å²) < 4.78 is 11.9. The van der Waals surface area contributed by atoms with Crippen LogP contribution in [0.4, 0.5) is 5.69 Å². The lowest BCUT2D eigenvalue weighted by Gasteiger charge is -2.12. The number of rotatable bonds is 5. The number of benzene rings is 2. The van der Waals surface area contributed by atoms with Crippen molar-refractivity contribution in [2.45, 2.75) is 13.5 Å². The van der Waals surface area contributed by atoms with Gasteiger partial charge >= 0.3 is 0 Å². The first-order chi connectivity index (χ1) is 14.0. The molecule has 29 heavy (non-hydrogen) atoms. The van der Waals surface area contributed by atoms with Gasteiger partial charge in [0.05, 0.1) is 24.4 Å². The average molecular weight is 391 g/mol. The molecule has 2 aromatic heterocycles. The molecule has 4 rings (SSSR count). The van der Waals surface area contributed by atoms with Crippen LogP contribution in [0.1, 0.15) is 5.89 Å². The maximum absolute atomic E-state index is 12.6. The van der Waals surface area contributed by atoms with Crippen LogP contribution in [0, 0.1) is 6.92 Å². The highest BCUT2D eigenvalue weighted by Crippen LogP contribution is 2.30. The molecule has 0 spiro atoms. The summed E-state index contributed by atoms with van der Waals surface area (Å²) in [6.07, 6.45) is 1.56. The molecule has 9 nitrogen and oxygen atoms in total. The van der Waals surface area contributed by atoms with Crippen LogP contribution >= 0.6 is 0 Å². The van der Waals surface area contributed by atoms with Gasteiger partial charge in [-0.1, -0.05) is 18.2 Å². The van der Waals surface area contributed by atoms with E-state index in [2.05, 4.69) is 20.6 Å². The first kappa shape index (κ1) is 18.4. The Balaban J connectivity index is 1.59. The predicted molar refractivity (Wildman–Crippen MR) is 106 cm³/mol. The molecule has 4 aromatic rings. The number of hydrogen-bond acceptors (Lipinski definition) is 7. The van der Waals surface area contributed by atoms with Crippen molar-refractivity contribution in [1.82, 2.24) is 20.0 Å². The molecule has 1 amide bonds. The van der Waals surface area contributed by atoms with E-state index in [1.807, 2.05) is 6.07 Å². The summed E-state index contributed by atoms with van der Waals surface area (Å²) in [6, 6.07) is 12.2. The molecule has 0 radical (unpaired) electrons. The number of carbonyl (C=O) groups excluding carboxylic acids is 1. The van der Waals surface area contributed by atoms with Crippen LogP contribution in [0.2, 0.25) is 0 Å². The van der Waals surface area contributed by atoms with Gasteiger partial charge in [0.25, 0.3) is 5.56 Å². The highest BCUT2D eigenvalue weighted by Gasteiger charge is 2.14. The van der Waals surface area contributed by atoms with Crippen molar-refractivity contribution in [1.29, 1.82) is 0 Å². The maximum atomic E-state index is 12.6. The predicted octanol–water partition coefficient (Wildman–Crippen LogP) is 2.40. The first-order valence-corrected chi connectivity index (χ1v) is 8.78. The van der Waals surface area contributed by atoms with Gasteiger partial charge in [-0.05, 0) is 24.3 Å². The van der Waals surface area contributed by atoms with Crippen molar-refractivity contribution in [3.8, 4) is 17.2 Å². The SMILES string of the molecule is COc1ccc(-c2nnc(C)o2)cc1NC(=O)Cn1ncc2ccccc2c1=O. The summed E-state index contributed by atoms with van der Waals surface area (Å²) in [5, 5.41) is 15.8. The Labute approximate surface area is 164 Å². The number of amides is 1. The molecule has 0 atom stereocenters. The van der Waals surface area contributed by atoms with Gasteiger partial charge in [-0.2, -0.15) is 5.10 Å². The fraction of sp³-hybridized carbons (Fsp3) is 0.150. The van der Waals surface area contributed by atoms with E-state index in [9.17, 15) is 9.59 Å². The number of carbonyl (C=O) groups is 1. The zero-order chi connectivity index (χ0) is 20.4. The quantitative estimate of drug-likeness (QED) is 0.556. The fourth-order valence-corrected chi connectivity index (χ4v) is 2.92. The van der Waals surface area contributed by atoms with E-state index in [1.165, 1.54) is 7.11 Å². The molecule has 0 aliphatic heterocycles. The molecule has 0 saturated heterocycles. The van der Waals surface area contributed by atoms with E-state index in [0.29, 0.717) is 34.2 Å². The second-order valence-corrected chi connectivity index (χ2v) is 6.28. The highest BCUT2D eigenvalue weighted by atomic mass is 16.5. The van der Waals surface area contributed by atoms with Crippen molar-refractivity contribution in [2.24, 2.45) is 0 Å². The molecule has 0 aliphatic carbocycles. The second kappa shape index (κ2) is 7.55. The Morgan fingerprint density at radius 2 is 2.03 bits per heavy atom. The molecule has 0 aliphatic rings. The van der Waals surface area contributed by atoms with Crippen molar-refractivity contribution in [3.05, 3.63) is 64.9 Å². The zero-order valence-corrected chi connectivity index (χ0v) is 15.7. The molecule has 0 unspecified atom stereocenters. The van der Waals surface area contributed by atoms with Gasteiger partial charge in [-0.3, -0.25) is 9.59 Å². The lowest BCUT2D eigenvalue weighted by atomic mass is 10.2. The fourth-order valence-electron chi connectivity index (χ4n) is 2.92. The van der Waals surface area contributed by atoms with Crippen LogP contribution in [0.15, 0.2) is 57.9 Å². The number of ether oxygens (including phenoxy) is 1. The number of nitrogens with one attached hydrogen (secondary N) is 1. The van der Waals surface area contributed by atoms with Gasteiger partial charge in [0, 0.05) is 17.9 Å². The van der Waals surface area contributed by atoms with E-state index in [4.69, 9.17) is 9.15 Å². The van der Waals surface area contributed by atoms with E-state index in [1.54, 1.807) is 49.5 Å². The van der Waals surface area contributed by atoms with Crippen LogP contribution in [0.5, 0.6) is 5.75 Å². The summed E-state index contributed by atoms with van der Waals surface area (Å²) in [6.45, 7) is 1.45. The average Bonchev–Trinajstić information content (AvgIpc) is 3.16. The molecular formula is C20H17N5O4. The lowest BCUT2D eigenvalue weighted by molar-refractivity contribution is -0.117. The third-order valence-electron chi connectivity index (χ3n) is 4.30. The Hall–Kier alpha value is -4.01. The lowest BCUT2D eigenvalue weighted by Crippen LogP contribution is -2.29. The zero-order valence-electron chi connectivity index (χ0n) is 15.7. The van der Waals surface area contributed by atoms with Gasteiger partial charge in [-0.15, -0.1) is 10.2 Å². The molecule has 1 N–H and O–H groups in total. The van der Waals surface area contributed by atoms with Gasteiger partial charge in [-0.25, -0.2) is 4.68 Å². The van der Waals surface area contributed by atoms with Gasteiger partial charge in [0.2, 0.25) is 17.7 Å². The Morgan fingerprint density at radius 3 is 2.79 bits per heavy atom. The van der Waals surface area contributed by atoms with E-state index in [-0.39, 0.29) is 12.1 Å². The van der Waals surface area contributed by atoms with Crippen LogP contribution in [-0.2, 0) is 11.3 Å². The van der Waals surface area contributed by atoms with E-state index < -0.39 is 5.91 Å². The number of aryl methyl sites for hydroxylation is 1. The Morgan fingerprint density at radius 1 is 1.21 bits per heavy atom. The second-order valence-electron chi connectivity index (χ2n) is 6.28. The smallest absolute Gasteiger partial charge is 0.275 e. The monoisotopic (exact) mass is 391 g/mol. The highest BCUT2D eigenvalue weighted by molar-refractivity contribution is 5.93. The topological polar surface area (TPSA) is 112 Å². The standard InChI is InChI=1S/C20H17N5O4/c1-12-23-24-19(29-12)13-7-8-17(28-2)16(9-13)22-18(26)11-25-20(27)15-6-4-3-5-14(15)10-21-25/h3-10H,11H2,1-2H3,(H,22,26). The Kier molecular flexibility index (Phi) is 4.78. The number of nitrogens with zero attached hydrogens (tertiary/aromatic N) is 4. The van der Waals surface area contributed by atoms with Crippen LogP contribution in [-0.4, -0.2) is 33.0 Å². The summed E-state index contributed by atoms with van der Waals surface area (Å²) in [5.74, 6) is 0.792. The third-order valence-corrected chi connectivity index (χ3v) is 4.30. The van der Waals surface area contributed by atoms with Crippen LogP contribution in [0.3, 0.4) is 0 Å². The maximum Gasteiger partial charge on any atom is 0.275 e. The summed E-state index contributed by atoms with van der Waals surface area (Å²) >= 11 is 0. The van der Waals surface area contributed by atoms with Crippen molar-refractivity contribution in [3.63, 3.8) is 0 Å². The molecule has 9 heteroatoms. The minimum Gasteiger partial charge on any atom is -0.495 e. The summed E-state index contributed by atoms with van der Waals surface area (Å²) in [4.78, 5) is 25.1. The summed E-state index contributed by atoms with van der Waals surface area (Å²) in [5.41, 5.74) is 0.711. The van der Waals surface area contributed by atoms with Gasteiger partial charge in [0.15, 0.2) is 0 Å². The van der Waals surface area contributed by atoms with Crippen molar-refractivity contribution >= 4 is 22.4 Å². The van der Waals surface area contributed by atoms with Crippen LogP contribution in [0.25, 0.3) is 22.2 Å². The Bertz CT molecular complexity index is 1260. The van der Waals surface area contributed by atoms with E-state index >= 15 is 0 Å². The molecule has 146 valence electrons. The third kappa shape index (κ3) is 3.70. The normalized spacial score (nSPS) is 10.8. The number of methoxy groups -OCH3 is 1. The molecule has 0 saturated carbocycles. The van der Waals surface area contributed by atoms with Crippen molar-refractivity contribution < 1.29 is 13.9 Å². The molecule has 0 bridgehead atoms. The largest absolute Gasteiger partial charge is 0.495 e. The molecule has 2 heterocycles. The minimum atomic E-state index is -0.424. The summed E-state index contributed by atoms with van der Waals surface area (Å²) in [7, 11) is 1.50. The number of anilines is 1. The first-order valence-electron chi connectivity index (χ1n) is 8.78. The molecule has 2 aromatic carbocycles. The number of hydrogen-bond donors (Lipinski definition) is 1. The van der Waals surface area contributed by atoms with Crippen LogP contribution < -0.4 is 15.6 Å². The number of aromatic nitrogens is 4.